The maximum absolute atomic E-state index is 12.7. The Labute approximate surface area is 168 Å². The zero-order chi connectivity index (χ0) is 19.1. The second kappa shape index (κ2) is 7.14. The molecule has 9 heteroatoms. The molecule has 5 rings (SSSR count). The van der Waals surface area contributed by atoms with Crippen molar-refractivity contribution in [3.63, 3.8) is 0 Å². The van der Waals surface area contributed by atoms with E-state index in [1.165, 1.54) is 22.2 Å². The highest BCUT2D eigenvalue weighted by atomic mass is 32.2. The number of hydrogen-bond acceptors (Lipinski definition) is 8. The first-order valence-corrected chi connectivity index (χ1v) is 10.9. The lowest BCUT2D eigenvalue weighted by Gasteiger charge is -2.17. The molecule has 4 heterocycles. The molecule has 1 aliphatic rings. The standard InChI is InChI=1S/C19H17N5O2S2/c1-10-4-5-12-13(7-10)28-18-15(12)16(25)21-14(22-18)9-27-19-24-23-17(26-19)11-3-2-6-20-8-11/h2-3,6,8,10H,4-5,7,9H2,1H3,(H,21,22,25)/t10-/m0/s1. The third-order valence-electron chi connectivity index (χ3n) is 4.86. The summed E-state index contributed by atoms with van der Waals surface area (Å²) in [5, 5.41) is 9.31. The van der Waals surface area contributed by atoms with Gasteiger partial charge in [-0.2, -0.15) is 0 Å². The summed E-state index contributed by atoms with van der Waals surface area (Å²) < 4.78 is 5.67. The van der Waals surface area contributed by atoms with Crippen LogP contribution < -0.4 is 5.56 Å². The highest BCUT2D eigenvalue weighted by Crippen LogP contribution is 2.36. The number of aromatic nitrogens is 5. The van der Waals surface area contributed by atoms with Crippen LogP contribution in [0.2, 0.25) is 0 Å². The molecule has 1 N–H and O–H groups in total. The van der Waals surface area contributed by atoms with Gasteiger partial charge < -0.3 is 9.40 Å². The molecule has 7 nitrogen and oxygen atoms in total. The van der Waals surface area contributed by atoms with Gasteiger partial charge in [0.2, 0.25) is 5.89 Å². The third-order valence-corrected chi connectivity index (χ3v) is 6.84. The molecule has 0 aromatic carbocycles. The van der Waals surface area contributed by atoms with E-state index in [0.717, 1.165) is 35.0 Å². The van der Waals surface area contributed by atoms with E-state index in [1.54, 1.807) is 23.7 Å². The summed E-state index contributed by atoms with van der Waals surface area (Å²) in [6, 6.07) is 3.68. The molecule has 0 radical (unpaired) electrons. The minimum Gasteiger partial charge on any atom is -0.411 e. The molecule has 28 heavy (non-hydrogen) atoms. The van der Waals surface area contributed by atoms with E-state index in [2.05, 4.69) is 32.1 Å². The predicted molar refractivity (Wildman–Crippen MR) is 109 cm³/mol. The smallest absolute Gasteiger partial charge is 0.277 e. The summed E-state index contributed by atoms with van der Waals surface area (Å²) in [4.78, 5) is 26.5. The molecule has 1 atom stereocenters. The first-order chi connectivity index (χ1) is 13.7. The van der Waals surface area contributed by atoms with Crippen LogP contribution in [0.15, 0.2) is 39.0 Å². The number of hydrogen-bond donors (Lipinski definition) is 1. The van der Waals surface area contributed by atoms with E-state index in [-0.39, 0.29) is 5.56 Å². The van der Waals surface area contributed by atoms with Gasteiger partial charge in [-0.25, -0.2) is 4.98 Å². The van der Waals surface area contributed by atoms with E-state index in [4.69, 9.17) is 4.42 Å². The van der Waals surface area contributed by atoms with Crippen molar-refractivity contribution in [3.05, 3.63) is 51.1 Å². The molecule has 0 fully saturated rings. The van der Waals surface area contributed by atoms with Crippen molar-refractivity contribution >= 4 is 33.3 Å². The molecule has 0 spiro atoms. The van der Waals surface area contributed by atoms with Crippen molar-refractivity contribution in [3.8, 4) is 11.5 Å². The van der Waals surface area contributed by atoms with Crippen LogP contribution in [0, 0.1) is 5.92 Å². The SMILES string of the molecule is C[C@H]1CCc2c(sc3nc(CSc4nnc(-c5cccnc5)o4)[nH]c(=O)c23)C1. The fourth-order valence-corrected chi connectivity index (χ4v) is 5.50. The van der Waals surface area contributed by atoms with Gasteiger partial charge in [0, 0.05) is 17.3 Å². The van der Waals surface area contributed by atoms with E-state index in [1.807, 2.05) is 12.1 Å². The minimum absolute atomic E-state index is 0.0470. The molecular weight excluding hydrogens is 394 g/mol. The van der Waals surface area contributed by atoms with Crippen molar-refractivity contribution < 1.29 is 4.42 Å². The molecule has 142 valence electrons. The van der Waals surface area contributed by atoms with Gasteiger partial charge >= 0.3 is 0 Å². The Morgan fingerprint density at radius 2 is 2.32 bits per heavy atom. The van der Waals surface area contributed by atoms with Gasteiger partial charge in [0.25, 0.3) is 10.8 Å². The number of aromatic amines is 1. The zero-order valence-corrected chi connectivity index (χ0v) is 16.8. The van der Waals surface area contributed by atoms with Crippen molar-refractivity contribution in [1.82, 2.24) is 25.1 Å². The molecule has 0 aliphatic heterocycles. The van der Waals surface area contributed by atoms with Crippen LogP contribution in [0.4, 0.5) is 0 Å². The second-order valence-electron chi connectivity index (χ2n) is 6.95. The quantitative estimate of drug-likeness (QED) is 0.509. The summed E-state index contributed by atoms with van der Waals surface area (Å²) in [7, 11) is 0. The molecular formula is C19H17N5O2S2. The monoisotopic (exact) mass is 411 g/mol. The number of pyridine rings is 1. The molecule has 1 aliphatic carbocycles. The third kappa shape index (κ3) is 3.24. The largest absolute Gasteiger partial charge is 0.411 e. The molecule has 4 aromatic heterocycles. The zero-order valence-electron chi connectivity index (χ0n) is 15.1. The number of thiophene rings is 1. The normalized spacial score (nSPS) is 16.4. The average Bonchev–Trinajstić information content (AvgIpc) is 3.31. The van der Waals surface area contributed by atoms with Crippen LogP contribution in [-0.2, 0) is 18.6 Å². The first kappa shape index (κ1) is 17.6. The summed E-state index contributed by atoms with van der Waals surface area (Å²) in [5.41, 5.74) is 1.92. The predicted octanol–water partition coefficient (Wildman–Crippen LogP) is 3.85. The fourth-order valence-electron chi connectivity index (χ4n) is 3.47. The molecule has 4 aromatic rings. The summed E-state index contributed by atoms with van der Waals surface area (Å²) >= 11 is 3.01. The van der Waals surface area contributed by atoms with Gasteiger partial charge in [0.05, 0.1) is 16.7 Å². The van der Waals surface area contributed by atoms with Crippen molar-refractivity contribution in [2.45, 2.75) is 37.2 Å². The van der Waals surface area contributed by atoms with Crippen LogP contribution in [0.1, 0.15) is 29.6 Å². The number of fused-ring (bicyclic) bond motifs is 3. The Morgan fingerprint density at radius 3 is 3.18 bits per heavy atom. The van der Waals surface area contributed by atoms with Gasteiger partial charge in [-0.3, -0.25) is 9.78 Å². The molecule has 0 bridgehead atoms. The van der Waals surface area contributed by atoms with Gasteiger partial charge in [-0.15, -0.1) is 21.5 Å². The summed E-state index contributed by atoms with van der Waals surface area (Å²) in [5.74, 6) is 2.17. The molecule has 0 saturated heterocycles. The van der Waals surface area contributed by atoms with Crippen molar-refractivity contribution in [2.24, 2.45) is 5.92 Å². The highest BCUT2D eigenvalue weighted by molar-refractivity contribution is 7.98. The Bertz CT molecular complexity index is 1200. The Hall–Kier alpha value is -2.52. The van der Waals surface area contributed by atoms with Crippen LogP contribution in [0.25, 0.3) is 21.7 Å². The minimum atomic E-state index is -0.0470. The number of aryl methyl sites for hydroxylation is 1. The van der Waals surface area contributed by atoms with Crippen molar-refractivity contribution in [2.75, 3.05) is 0 Å². The van der Waals surface area contributed by atoms with Crippen LogP contribution >= 0.6 is 23.1 Å². The molecule has 0 amide bonds. The lowest BCUT2D eigenvalue weighted by molar-refractivity contribution is 0.465. The Kier molecular flexibility index (Phi) is 4.48. The van der Waals surface area contributed by atoms with E-state index >= 15 is 0 Å². The first-order valence-electron chi connectivity index (χ1n) is 9.07. The fraction of sp³-hybridized carbons (Fsp3) is 0.316. The lowest BCUT2D eigenvalue weighted by Crippen LogP contribution is -2.14. The number of rotatable bonds is 4. The number of nitrogens with one attached hydrogen (secondary N) is 1. The molecule has 0 unspecified atom stereocenters. The topological polar surface area (TPSA) is 97.6 Å². The maximum Gasteiger partial charge on any atom is 0.277 e. The number of nitrogens with zero attached hydrogens (tertiary/aromatic N) is 4. The number of thioether (sulfide) groups is 1. The van der Waals surface area contributed by atoms with Crippen LogP contribution in [0.5, 0.6) is 0 Å². The van der Waals surface area contributed by atoms with Crippen LogP contribution in [0.3, 0.4) is 0 Å². The van der Waals surface area contributed by atoms with Gasteiger partial charge in [0.1, 0.15) is 10.7 Å². The second-order valence-corrected chi connectivity index (χ2v) is 8.96. The lowest BCUT2D eigenvalue weighted by atomic mass is 9.89. The summed E-state index contributed by atoms with van der Waals surface area (Å²) in [6.07, 6.45) is 6.50. The average molecular weight is 412 g/mol. The Balaban J connectivity index is 1.38. The van der Waals surface area contributed by atoms with Crippen LogP contribution in [-0.4, -0.2) is 25.1 Å². The highest BCUT2D eigenvalue weighted by Gasteiger charge is 2.23. The van der Waals surface area contributed by atoms with Crippen molar-refractivity contribution in [1.29, 1.82) is 0 Å². The van der Waals surface area contributed by atoms with Gasteiger partial charge in [0.15, 0.2) is 0 Å². The van der Waals surface area contributed by atoms with E-state index < -0.39 is 0 Å². The van der Waals surface area contributed by atoms with E-state index in [0.29, 0.717) is 28.6 Å². The van der Waals surface area contributed by atoms with E-state index in [9.17, 15) is 4.79 Å². The maximum atomic E-state index is 12.7. The van der Waals surface area contributed by atoms with Gasteiger partial charge in [-0.05, 0) is 42.9 Å². The molecule has 0 saturated carbocycles. The van der Waals surface area contributed by atoms with Gasteiger partial charge in [-0.1, -0.05) is 18.7 Å². The summed E-state index contributed by atoms with van der Waals surface area (Å²) in [6.45, 7) is 2.26. The Morgan fingerprint density at radius 1 is 1.39 bits per heavy atom. The number of H-pyrrole nitrogens is 1.